The van der Waals surface area contributed by atoms with Crippen LogP contribution >= 0.6 is 0 Å². The number of aromatic nitrogens is 3. The Labute approximate surface area is 204 Å². The summed E-state index contributed by atoms with van der Waals surface area (Å²) in [7, 11) is 0. The SMILES string of the molecule is O=C(N1CC(c2ccc(N3CCC(F)(F)CC3)cc2)C1)N1CC2(CC(n3cnc(C4CC4)n3)C2)C1. The number of likely N-dealkylation sites (tertiary alicyclic amines) is 2. The summed E-state index contributed by atoms with van der Waals surface area (Å²) in [5.41, 5.74) is 2.51. The fourth-order valence-electron chi connectivity index (χ4n) is 6.37. The van der Waals surface area contributed by atoms with Crippen LogP contribution in [0.15, 0.2) is 30.6 Å². The Kier molecular flexibility index (Phi) is 4.71. The minimum atomic E-state index is -2.52. The van der Waals surface area contributed by atoms with E-state index in [4.69, 9.17) is 0 Å². The topological polar surface area (TPSA) is 57.5 Å². The molecule has 7 rings (SSSR count). The number of carbonyl (C=O) groups is 1. The second-order valence-corrected chi connectivity index (χ2v) is 11.6. The van der Waals surface area contributed by atoms with Gasteiger partial charge >= 0.3 is 6.03 Å². The van der Waals surface area contributed by atoms with Crippen molar-refractivity contribution in [2.24, 2.45) is 5.41 Å². The van der Waals surface area contributed by atoms with Gasteiger partial charge in [-0.25, -0.2) is 23.2 Å². The van der Waals surface area contributed by atoms with Gasteiger partial charge < -0.3 is 14.7 Å². The average molecular weight is 483 g/mol. The van der Waals surface area contributed by atoms with Crippen molar-refractivity contribution in [1.82, 2.24) is 24.6 Å². The molecule has 0 unspecified atom stereocenters. The van der Waals surface area contributed by atoms with E-state index in [1.165, 1.54) is 18.4 Å². The van der Waals surface area contributed by atoms with Gasteiger partial charge in [0.05, 0.1) is 6.04 Å². The summed E-state index contributed by atoms with van der Waals surface area (Å²) in [5.74, 6) is -0.568. The lowest BCUT2D eigenvalue weighted by atomic mass is 9.61. The van der Waals surface area contributed by atoms with E-state index in [0.717, 1.165) is 50.5 Å². The minimum absolute atomic E-state index is 0.0747. The third kappa shape index (κ3) is 3.87. The molecule has 2 saturated carbocycles. The highest BCUT2D eigenvalue weighted by atomic mass is 19.3. The number of amides is 2. The molecular weight excluding hydrogens is 450 g/mol. The van der Waals surface area contributed by atoms with E-state index in [1.54, 1.807) is 0 Å². The fourth-order valence-corrected chi connectivity index (χ4v) is 6.37. The smallest absolute Gasteiger partial charge is 0.320 e. The van der Waals surface area contributed by atoms with Crippen molar-refractivity contribution in [3.63, 3.8) is 0 Å². The second kappa shape index (κ2) is 7.64. The Morgan fingerprint density at radius 1 is 0.943 bits per heavy atom. The number of carbonyl (C=O) groups excluding carboxylic acids is 1. The molecule has 1 aromatic heterocycles. The fraction of sp³-hybridized carbons (Fsp3) is 0.654. The number of benzene rings is 1. The van der Waals surface area contributed by atoms with E-state index in [-0.39, 0.29) is 24.3 Å². The molecule has 186 valence electrons. The highest BCUT2D eigenvalue weighted by Gasteiger charge is 2.55. The van der Waals surface area contributed by atoms with Gasteiger partial charge in [-0.15, -0.1) is 0 Å². The Balaban J connectivity index is 0.866. The zero-order valence-electron chi connectivity index (χ0n) is 20.0. The molecule has 1 aromatic carbocycles. The van der Waals surface area contributed by atoms with Gasteiger partial charge in [0.1, 0.15) is 6.33 Å². The Bertz CT molecular complexity index is 1100. The molecule has 2 aromatic rings. The van der Waals surface area contributed by atoms with Crippen LogP contribution in [0.5, 0.6) is 0 Å². The molecule has 35 heavy (non-hydrogen) atoms. The maximum Gasteiger partial charge on any atom is 0.320 e. The molecule has 5 aliphatic rings. The van der Waals surface area contributed by atoms with E-state index in [2.05, 4.69) is 26.9 Å². The van der Waals surface area contributed by atoms with Crippen molar-refractivity contribution in [1.29, 1.82) is 0 Å². The van der Waals surface area contributed by atoms with Gasteiger partial charge in [-0.1, -0.05) is 12.1 Å². The first kappa shape index (κ1) is 21.6. The largest absolute Gasteiger partial charge is 0.371 e. The lowest BCUT2D eigenvalue weighted by Gasteiger charge is -2.60. The number of hydrogen-bond donors (Lipinski definition) is 0. The third-order valence-corrected chi connectivity index (χ3v) is 8.88. The second-order valence-electron chi connectivity index (χ2n) is 11.6. The lowest BCUT2D eigenvalue weighted by molar-refractivity contribution is -0.0771. The molecule has 4 heterocycles. The number of anilines is 1. The Morgan fingerprint density at radius 2 is 1.63 bits per heavy atom. The number of halogens is 2. The average Bonchev–Trinajstić information content (AvgIpc) is 3.49. The zero-order valence-corrected chi connectivity index (χ0v) is 20.0. The van der Waals surface area contributed by atoms with Crippen molar-refractivity contribution >= 4 is 11.7 Å². The van der Waals surface area contributed by atoms with Crippen molar-refractivity contribution in [2.75, 3.05) is 44.2 Å². The van der Waals surface area contributed by atoms with Crippen LogP contribution in [0.4, 0.5) is 19.3 Å². The summed E-state index contributed by atoms with van der Waals surface area (Å²) in [4.78, 5) is 23.4. The molecule has 9 heteroatoms. The van der Waals surface area contributed by atoms with Gasteiger partial charge in [-0.05, 0) is 43.4 Å². The molecular formula is C26H32F2N6O. The zero-order chi connectivity index (χ0) is 23.8. The van der Waals surface area contributed by atoms with Crippen LogP contribution in [0.3, 0.4) is 0 Å². The third-order valence-electron chi connectivity index (χ3n) is 8.88. The summed E-state index contributed by atoms with van der Waals surface area (Å²) in [5, 5.41) is 4.68. The normalized spacial score (nSPS) is 25.8. The Hall–Kier alpha value is -2.71. The predicted octanol–water partition coefficient (Wildman–Crippen LogP) is 4.25. The summed E-state index contributed by atoms with van der Waals surface area (Å²) in [6.07, 6.45) is 6.37. The van der Waals surface area contributed by atoms with E-state index in [9.17, 15) is 13.6 Å². The van der Waals surface area contributed by atoms with Crippen molar-refractivity contribution in [2.45, 2.75) is 62.3 Å². The van der Waals surface area contributed by atoms with Gasteiger partial charge in [-0.3, -0.25) is 0 Å². The molecule has 2 aliphatic carbocycles. The van der Waals surface area contributed by atoms with Crippen molar-refractivity contribution in [3.05, 3.63) is 42.0 Å². The van der Waals surface area contributed by atoms with Crippen LogP contribution in [0.2, 0.25) is 0 Å². The maximum atomic E-state index is 13.4. The van der Waals surface area contributed by atoms with E-state index < -0.39 is 5.92 Å². The predicted molar refractivity (Wildman–Crippen MR) is 127 cm³/mol. The summed E-state index contributed by atoms with van der Waals surface area (Å²) in [6.45, 7) is 4.02. The number of hydrogen-bond acceptors (Lipinski definition) is 4. The van der Waals surface area contributed by atoms with E-state index in [1.807, 2.05) is 33.2 Å². The van der Waals surface area contributed by atoms with Gasteiger partial charge in [-0.2, -0.15) is 5.10 Å². The molecule has 2 amide bonds. The van der Waals surface area contributed by atoms with Gasteiger partial charge in [0, 0.05) is 75.0 Å². The quantitative estimate of drug-likeness (QED) is 0.654. The van der Waals surface area contributed by atoms with E-state index >= 15 is 0 Å². The molecule has 0 bridgehead atoms. The molecule has 7 nitrogen and oxygen atoms in total. The maximum absolute atomic E-state index is 13.4. The lowest BCUT2D eigenvalue weighted by Crippen LogP contribution is -2.67. The number of alkyl halides is 2. The van der Waals surface area contributed by atoms with Crippen LogP contribution in [0.1, 0.15) is 67.8 Å². The number of urea groups is 1. The summed E-state index contributed by atoms with van der Waals surface area (Å²) < 4.78 is 28.9. The first-order valence-corrected chi connectivity index (χ1v) is 13.0. The Morgan fingerprint density at radius 3 is 2.29 bits per heavy atom. The minimum Gasteiger partial charge on any atom is -0.371 e. The van der Waals surface area contributed by atoms with Crippen LogP contribution in [0, 0.1) is 5.41 Å². The number of nitrogens with zero attached hydrogens (tertiary/aromatic N) is 6. The highest BCUT2D eigenvalue weighted by Crippen LogP contribution is 2.54. The highest BCUT2D eigenvalue weighted by molar-refractivity contribution is 5.77. The standard InChI is InChI=1S/C26H32F2N6O/c27-26(28)7-9-31(10-8-26)21-5-3-18(4-6-21)20-13-32(14-20)24(35)33-15-25(16-33)11-22(12-25)34-17-29-23(30-34)19-1-2-19/h3-6,17,19-20,22H,1-2,7-16H2. The monoisotopic (exact) mass is 482 g/mol. The van der Waals surface area contributed by atoms with Crippen LogP contribution in [-0.4, -0.2) is 75.8 Å². The van der Waals surface area contributed by atoms with E-state index in [0.29, 0.717) is 31.0 Å². The number of piperidine rings is 1. The molecule has 0 atom stereocenters. The first-order chi connectivity index (χ1) is 16.9. The van der Waals surface area contributed by atoms with Crippen molar-refractivity contribution in [3.8, 4) is 0 Å². The molecule has 3 aliphatic heterocycles. The molecule has 5 fully saturated rings. The van der Waals surface area contributed by atoms with Crippen molar-refractivity contribution < 1.29 is 13.6 Å². The van der Waals surface area contributed by atoms with Gasteiger partial charge in [0.25, 0.3) is 5.92 Å². The molecule has 1 spiro atoms. The molecule has 3 saturated heterocycles. The van der Waals surface area contributed by atoms with Crippen LogP contribution < -0.4 is 4.90 Å². The van der Waals surface area contributed by atoms with Gasteiger partial charge in [0.15, 0.2) is 5.82 Å². The van der Waals surface area contributed by atoms with Crippen LogP contribution in [0.25, 0.3) is 0 Å². The molecule has 0 radical (unpaired) electrons. The summed E-state index contributed by atoms with van der Waals surface area (Å²) >= 11 is 0. The summed E-state index contributed by atoms with van der Waals surface area (Å²) in [6, 6.07) is 8.88. The first-order valence-electron chi connectivity index (χ1n) is 13.0. The number of rotatable bonds is 4. The molecule has 0 N–H and O–H groups in total. The van der Waals surface area contributed by atoms with Gasteiger partial charge in [0.2, 0.25) is 0 Å². The van der Waals surface area contributed by atoms with Crippen LogP contribution in [-0.2, 0) is 0 Å².